The number of benzene rings is 1. The molecule has 0 fully saturated rings. The molecule has 2 heterocycles. The number of carbonyl (C=O) groups excluding carboxylic acids is 2. The van der Waals surface area contributed by atoms with Gasteiger partial charge in [-0.25, -0.2) is 9.50 Å². The molecule has 7 heteroatoms. The number of nitrogens with one attached hydrogen (secondary N) is 2. The molecule has 27 heavy (non-hydrogen) atoms. The molecule has 7 nitrogen and oxygen atoms in total. The van der Waals surface area contributed by atoms with Gasteiger partial charge in [-0.05, 0) is 18.4 Å². The van der Waals surface area contributed by atoms with E-state index in [1.54, 1.807) is 17.8 Å². The van der Waals surface area contributed by atoms with E-state index in [0.717, 1.165) is 11.3 Å². The predicted molar refractivity (Wildman–Crippen MR) is 103 cm³/mol. The summed E-state index contributed by atoms with van der Waals surface area (Å²) >= 11 is 0. The normalized spacial score (nSPS) is 12.1. The summed E-state index contributed by atoms with van der Waals surface area (Å²) < 4.78 is 1.64. The Balaban J connectivity index is 1.93. The molecule has 0 bridgehead atoms. The molecule has 2 amide bonds. The van der Waals surface area contributed by atoms with E-state index in [9.17, 15) is 9.59 Å². The molecule has 2 N–H and O–H groups in total. The van der Waals surface area contributed by atoms with E-state index in [-0.39, 0.29) is 17.7 Å². The van der Waals surface area contributed by atoms with Gasteiger partial charge in [0.25, 0.3) is 5.91 Å². The third kappa shape index (κ3) is 3.97. The first-order valence-corrected chi connectivity index (χ1v) is 8.92. The van der Waals surface area contributed by atoms with E-state index in [1.165, 1.54) is 6.20 Å². The number of likely N-dealkylation sites (N-methyl/N-ethyl adjacent to an activating group) is 1. The third-order valence-electron chi connectivity index (χ3n) is 4.29. The minimum Gasteiger partial charge on any atom is -0.357 e. The maximum absolute atomic E-state index is 12.8. The van der Waals surface area contributed by atoms with Crippen LogP contribution in [0.25, 0.3) is 16.9 Å². The molecule has 0 aliphatic heterocycles. The molecule has 0 radical (unpaired) electrons. The Morgan fingerprint density at radius 3 is 2.56 bits per heavy atom. The van der Waals surface area contributed by atoms with Gasteiger partial charge in [-0.15, -0.1) is 0 Å². The van der Waals surface area contributed by atoms with Gasteiger partial charge in [0.15, 0.2) is 5.65 Å². The number of hydrogen-bond donors (Lipinski definition) is 2. The van der Waals surface area contributed by atoms with Crippen LogP contribution in [0.5, 0.6) is 0 Å². The van der Waals surface area contributed by atoms with Crippen LogP contribution >= 0.6 is 0 Å². The van der Waals surface area contributed by atoms with Crippen LogP contribution in [-0.2, 0) is 4.79 Å². The average Bonchev–Trinajstić information content (AvgIpc) is 3.11. The standard InChI is InChI=1S/C20H23N5O2/c1-13(2)11-16(20(27)21-3)24-19(26)15-12-23-25-17(9-10-22-18(15)25)14-7-5-4-6-8-14/h4-10,12-13,16H,11H2,1-3H3,(H,21,27)(H,24,26). The number of rotatable bonds is 6. The van der Waals surface area contributed by atoms with Crippen LogP contribution in [0.1, 0.15) is 30.6 Å². The van der Waals surface area contributed by atoms with Crippen molar-refractivity contribution in [3.05, 3.63) is 54.4 Å². The minimum absolute atomic E-state index is 0.216. The zero-order valence-corrected chi connectivity index (χ0v) is 15.6. The smallest absolute Gasteiger partial charge is 0.257 e. The number of nitrogens with zero attached hydrogens (tertiary/aromatic N) is 3. The number of fused-ring (bicyclic) bond motifs is 1. The lowest BCUT2D eigenvalue weighted by Crippen LogP contribution is -2.46. The van der Waals surface area contributed by atoms with Crippen LogP contribution in [0.3, 0.4) is 0 Å². The molecule has 140 valence electrons. The van der Waals surface area contributed by atoms with Gasteiger partial charge in [-0.1, -0.05) is 44.2 Å². The molecular formula is C20H23N5O2. The van der Waals surface area contributed by atoms with E-state index in [0.29, 0.717) is 17.6 Å². The first kappa shape index (κ1) is 18.6. The lowest BCUT2D eigenvalue weighted by atomic mass is 10.0. The molecular weight excluding hydrogens is 342 g/mol. The zero-order chi connectivity index (χ0) is 19.4. The van der Waals surface area contributed by atoms with Crippen LogP contribution in [-0.4, -0.2) is 39.5 Å². The van der Waals surface area contributed by atoms with Crippen LogP contribution in [0.2, 0.25) is 0 Å². The predicted octanol–water partition coefficient (Wildman–Crippen LogP) is 2.29. The second kappa shape index (κ2) is 7.99. The highest BCUT2D eigenvalue weighted by molar-refractivity contribution is 6.02. The van der Waals surface area contributed by atoms with Gasteiger partial charge in [-0.2, -0.15) is 5.10 Å². The third-order valence-corrected chi connectivity index (χ3v) is 4.29. The van der Waals surface area contributed by atoms with Crippen molar-refractivity contribution >= 4 is 17.5 Å². The van der Waals surface area contributed by atoms with Crippen LogP contribution < -0.4 is 10.6 Å². The molecule has 1 aromatic carbocycles. The second-order valence-corrected chi connectivity index (χ2v) is 6.76. The first-order chi connectivity index (χ1) is 13.0. The van der Waals surface area contributed by atoms with Crippen molar-refractivity contribution in [2.75, 3.05) is 7.05 Å². The summed E-state index contributed by atoms with van der Waals surface area (Å²) in [6.45, 7) is 4.01. The Morgan fingerprint density at radius 2 is 1.89 bits per heavy atom. The fourth-order valence-corrected chi connectivity index (χ4v) is 2.99. The van der Waals surface area contributed by atoms with Gasteiger partial charge in [0.05, 0.1) is 11.9 Å². The highest BCUT2D eigenvalue weighted by Crippen LogP contribution is 2.20. The van der Waals surface area contributed by atoms with Gasteiger partial charge < -0.3 is 10.6 Å². The number of hydrogen-bond acceptors (Lipinski definition) is 4. The van der Waals surface area contributed by atoms with Gasteiger partial charge in [0, 0.05) is 18.8 Å². The summed E-state index contributed by atoms with van der Waals surface area (Å²) in [5, 5.41) is 9.75. The van der Waals surface area contributed by atoms with Crippen molar-refractivity contribution in [1.82, 2.24) is 25.2 Å². The molecule has 2 aromatic heterocycles. The number of aromatic nitrogens is 3. The molecule has 3 rings (SSSR count). The maximum atomic E-state index is 12.8. The van der Waals surface area contributed by atoms with Crippen molar-refractivity contribution in [2.45, 2.75) is 26.3 Å². The number of carbonyl (C=O) groups is 2. The van der Waals surface area contributed by atoms with E-state index in [4.69, 9.17) is 0 Å². The highest BCUT2D eigenvalue weighted by atomic mass is 16.2. The van der Waals surface area contributed by atoms with Crippen molar-refractivity contribution in [3.8, 4) is 11.3 Å². The number of amides is 2. The summed E-state index contributed by atoms with van der Waals surface area (Å²) in [4.78, 5) is 29.2. The molecule has 0 aliphatic rings. The van der Waals surface area contributed by atoms with Crippen LogP contribution in [0.15, 0.2) is 48.8 Å². The summed E-state index contributed by atoms with van der Waals surface area (Å²) in [6, 6.07) is 11.0. The second-order valence-electron chi connectivity index (χ2n) is 6.76. The lowest BCUT2D eigenvalue weighted by Gasteiger charge is -2.18. The van der Waals surface area contributed by atoms with Gasteiger partial charge in [-0.3, -0.25) is 9.59 Å². The molecule has 1 atom stereocenters. The van der Waals surface area contributed by atoms with E-state index >= 15 is 0 Å². The van der Waals surface area contributed by atoms with Gasteiger partial charge in [0.1, 0.15) is 11.6 Å². The SMILES string of the molecule is CNC(=O)C(CC(C)C)NC(=O)c1cnn2c(-c3ccccc3)ccnc12. The monoisotopic (exact) mass is 365 g/mol. The zero-order valence-electron chi connectivity index (χ0n) is 15.6. The van der Waals surface area contributed by atoms with Crippen LogP contribution in [0, 0.1) is 5.92 Å². The fourth-order valence-electron chi connectivity index (χ4n) is 2.99. The topological polar surface area (TPSA) is 88.4 Å². The Labute approximate surface area is 157 Å². The van der Waals surface area contributed by atoms with Gasteiger partial charge in [0.2, 0.25) is 5.91 Å². The van der Waals surface area contributed by atoms with Crippen molar-refractivity contribution < 1.29 is 9.59 Å². The van der Waals surface area contributed by atoms with Crippen LogP contribution in [0.4, 0.5) is 0 Å². The van der Waals surface area contributed by atoms with Crippen molar-refractivity contribution in [2.24, 2.45) is 5.92 Å². The van der Waals surface area contributed by atoms with Crippen molar-refractivity contribution in [1.29, 1.82) is 0 Å². The Morgan fingerprint density at radius 1 is 1.15 bits per heavy atom. The Bertz CT molecular complexity index is 949. The minimum atomic E-state index is -0.602. The molecule has 0 spiro atoms. The fraction of sp³-hybridized carbons (Fsp3) is 0.300. The summed E-state index contributed by atoms with van der Waals surface area (Å²) in [5.41, 5.74) is 2.60. The molecule has 3 aromatic rings. The highest BCUT2D eigenvalue weighted by Gasteiger charge is 2.24. The molecule has 0 saturated heterocycles. The Hall–Kier alpha value is -3.22. The van der Waals surface area contributed by atoms with E-state index in [2.05, 4.69) is 20.7 Å². The van der Waals surface area contributed by atoms with Gasteiger partial charge >= 0.3 is 0 Å². The van der Waals surface area contributed by atoms with Crippen molar-refractivity contribution in [3.63, 3.8) is 0 Å². The lowest BCUT2D eigenvalue weighted by molar-refractivity contribution is -0.122. The Kier molecular flexibility index (Phi) is 5.49. The van der Waals surface area contributed by atoms with E-state index in [1.807, 2.05) is 50.2 Å². The quantitative estimate of drug-likeness (QED) is 0.701. The largest absolute Gasteiger partial charge is 0.357 e. The molecule has 0 aliphatic carbocycles. The molecule has 0 saturated carbocycles. The maximum Gasteiger partial charge on any atom is 0.257 e. The average molecular weight is 365 g/mol. The first-order valence-electron chi connectivity index (χ1n) is 8.92. The van der Waals surface area contributed by atoms with E-state index < -0.39 is 6.04 Å². The molecule has 1 unspecified atom stereocenters. The summed E-state index contributed by atoms with van der Waals surface area (Å²) in [5.74, 6) is -0.317. The summed E-state index contributed by atoms with van der Waals surface area (Å²) in [7, 11) is 1.56. The summed E-state index contributed by atoms with van der Waals surface area (Å²) in [6.07, 6.45) is 3.69.